The minimum atomic E-state index is -0.249. The first-order valence-electron chi connectivity index (χ1n) is 9.38. The molecule has 2 N–H and O–H groups in total. The van der Waals surface area contributed by atoms with Gasteiger partial charge >= 0.3 is 5.97 Å². The number of ether oxygens (including phenoxy) is 1. The van der Waals surface area contributed by atoms with Crippen LogP contribution in [0.4, 0.5) is 5.13 Å². The van der Waals surface area contributed by atoms with Gasteiger partial charge < -0.3 is 10.5 Å². The van der Waals surface area contributed by atoms with E-state index in [2.05, 4.69) is 4.98 Å². The van der Waals surface area contributed by atoms with Crippen molar-refractivity contribution in [2.75, 3.05) is 5.73 Å². The number of fused-ring (bicyclic) bond motifs is 1. The topological polar surface area (TPSA) is 65.2 Å². The van der Waals surface area contributed by atoms with Crippen molar-refractivity contribution in [2.24, 2.45) is 17.8 Å². The zero-order chi connectivity index (χ0) is 17.2. The number of hydrogen-bond acceptors (Lipinski definition) is 5. The molecule has 6 rings (SSSR count). The molecule has 1 aromatic carbocycles. The summed E-state index contributed by atoms with van der Waals surface area (Å²) in [6, 6.07) is 5.97. The van der Waals surface area contributed by atoms with Gasteiger partial charge in [-0.1, -0.05) is 17.4 Å². The van der Waals surface area contributed by atoms with E-state index in [0.29, 0.717) is 5.13 Å². The number of hydrogen-bond donors (Lipinski definition) is 1. The van der Waals surface area contributed by atoms with Crippen molar-refractivity contribution in [3.8, 4) is 0 Å². The van der Waals surface area contributed by atoms with Gasteiger partial charge in [0.1, 0.15) is 5.60 Å². The normalized spacial score (nSPS) is 34.4. The zero-order valence-corrected chi connectivity index (χ0v) is 15.3. The fourth-order valence-electron chi connectivity index (χ4n) is 5.82. The SMILES string of the molecule is CC(C(=O)OC12CC3CC(CC(C3)C1)C2)c1ccc2nc(N)sc2c1. The van der Waals surface area contributed by atoms with Gasteiger partial charge in [0.05, 0.1) is 16.1 Å². The van der Waals surface area contributed by atoms with Crippen molar-refractivity contribution < 1.29 is 9.53 Å². The Morgan fingerprint density at radius 1 is 1.24 bits per heavy atom. The average Bonchev–Trinajstić information content (AvgIpc) is 2.91. The van der Waals surface area contributed by atoms with Gasteiger partial charge in [-0.15, -0.1) is 0 Å². The summed E-state index contributed by atoms with van der Waals surface area (Å²) >= 11 is 1.46. The van der Waals surface area contributed by atoms with Crippen LogP contribution in [0.2, 0.25) is 0 Å². The molecule has 1 heterocycles. The molecule has 4 aliphatic rings. The lowest BCUT2D eigenvalue weighted by atomic mass is 9.54. The van der Waals surface area contributed by atoms with Crippen LogP contribution < -0.4 is 5.73 Å². The molecule has 0 amide bonds. The number of benzene rings is 1. The molecule has 0 aliphatic heterocycles. The monoisotopic (exact) mass is 356 g/mol. The van der Waals surface area contributed by atoms with Crippen LogP contribution in [0.1, 0.15) is 56.9 Å². The molecule has 0 saturated heterocycles. The van der Waals surface area contributed by atoms with Gasteiger partial charge in [-0.3, -0.25) is 4.79 Å². The van der Waals surface area contributed by atoms with Crippen molar-refractivity contribution in [2.45, 2.75) is 57.0 Å². The van der Waals surface area contributed by atoms with Crippen LogP contribution in [0.15, 0.2) is 18.2 Å². The Hall–Kier alpha value is -1.62. The molecule has 4 nitrogen and oxygen atoms in total. The zero-order valence-electron chi connectivity index (χ0n) is 14.5. The molecule has 2 aromatic rings. The van der Waals surface area contributed by atoms with Crippen LogP contribution in [0.5, 0.6) is 0 Å². The number of esters is 1. The fourth-order valence-corrected chi connectivity index (χ4v) is 6.60. The molecule has 25 heavy (non-hydrogen) atoms. The Balaban J connectivity index is 1.36. The minimum Gasteiger partial charge on any atom is -0.459 e. The largest absolute Gasteiger partial charge is 0.459 e. The summed E-state index contributed by atoms with van der Waals surface area (Å²) in [4.78, 5) is 17.2. The smallest absolute Gasteiger partial charge is 0.313 e. The van der Waals surface area contributed by atoms with Crippen LogP contribution in [0.3, 0.4) is 0 Å². The number of carbonyl (C=O) groups excluding carboxylic acids is 1. The first-order valence-corrected chi connectivity index (χ1v) is 10.2. The maximum absolute atomic E-state index is 12.9. The van der Waals surface area contributed by atoms with Crippen LogP contribution in [-0.2, 0) is 9.53 Å². The second kappa shape index (κ2) is 5.44. The maximum Gasteiger partial charge on any atom is 0.313 e. The summed E-state index contributed by atoms with van der Waals surface area (Å²) in [6.07, 6.45) is 7.33. The molecule has 1 unspecified atom stereocenters. The summed E-state index contributed by atoms with van der Waals surface area (Å²) in [5, 5.41) is 0.566. The van der Waals surface area contributed by atoms with Crippen LogP contribution in [0, 0.1) is 17.8 Å². The van der Waals surface area contributed by atoms with Gasteiger partial charge in [-0.05, 0) is 80.9 Å². The van der Waals surface area contributed by atoms with Crippen LogP contribution in [-0.4, -0.2) is 16.6 Å². The van der Waals surface area contributed by atoms with E-state index in [1.165, 1.54) is 30.6 Å². The Morgan fingerprint density at radius 2 is 1.88 bits per heavy atom. The molecule has 4 fully saturated rings. The van der Waals surface area contributed by atoms with E-state index in [0.717, 1.165) is 52.8 Å². The van der Waals surface area contributed by atoms with Gasteiger partial charge in [0.25, 0.3) is 0 Å². The molecule has 132 valence electrons. The average molecular weight is 356 g/mol. The number of carbonyl (C=O) groups is 1. The maximum atomic E-state index is 12.9. The van der Waals surface area contributed by atoms with Gasteiger partial charge in [0, 0.05) is 0 Å². The summed E-state index contributed by atoms with van der Waals surface area (Å²) in [7, 11) is 0. The summed E-state index contributed by atoms with van der Waals surface area (Å²) in [6.45, 7) is 1.95. The highest BCUT2D eigenvalue weighted by Gasteiger charge is 2.53. The van der Waals surface area contributed by atoms with E-state index in [9.17, 15) is 4.79 Å². The lowest BCUT2D eigenvalue weighted by Gasteiger charge is -2.55. The quantitative estimate of drug-likeness (QED) is 0.823. The highest BCUT2D eigenvalue weighted by Crippen LogP contribution is 2.57. The molecule has 4 bridgehead atoms. The Kier molecular flexibility index (Phi) is 3.40. The number of thiazole rings is 1. The Bertz CT molecular complexity index is 808. The highest BCUT2D eigenvalue weighted by molar-refractivity contribution is 7.22. The van der Waals surface area contributed by atoms with Gasteiger partial charge in [0.2, 0.25) is 0 Å². The van der Waals surface area contributed by atoms with E-state index in [-0.39, 0.29) is 17.5 Å². The minimum absolute atomic E-state index is 0.0706. The van der Waals surface area contributed by atoms with E-state index in [1.807, 2.05) is 25.1 Å². The molecule has 1 atom stereocenters. The lowest BCUT2D eigenvalue weighted by Crippen LogP contribution is -2.53. The molecular weight excluding hydrogens is 332 g/mol. The number of nitrogen functional groups attached to an aromatic ring is 1. The first-order chi connectivity index (χ1) is 12.0. The number of nitrogens with zero attached hydrogens (tertiary/aromatic N) is 1. The number of nitrogens with two attached hydrogens (primary N) is 1. The number of rotatable bonds is 3. The third-order valence-corrected chi connectivity index (χ3v) is 7.43. The molecule has 4 saturated carbocycles. The standard InChI is InChI=1S/C20H24N2O2S/c1-11(15-2-3-16-17(7-15)25-19(21)22-16)18(23)24-20-8-12-4-13(9-20)6-14(5-12)10-20/h2-3,7,11-14H,4-6,8-10H2,1H3,(H2,21,22). The molecule has 0 radical (unpaired) electrons. The molecule has 5 heteroatoms. The second-order valence-corrected chi connectivity index (χ2v) is 9.58. The number of aromatic nitrogens is 1. The Morgan fingerprint density at radius 3 is 2.52 bits per heavy atom. The first kappa shape index (κ1) is 15.6. The van der Waals surface area contributed by atoms with E-state index >= 15 is 0 Å². The van der Waals surface area contributed by atoms with Gasteiger partial charge in [-0.25, -0.2) is 4.98 Å². The second-order valence-electron chi connectivity index (χ2n) is 8.52. The summed E-state index contributed by atoms with van der Waals surface area (Å²) in [5.74, 6) is 2.03. The van der Waals surface area contributed by atoms with Gasteiger partial charge in [-0.2, -0.15) is 0 Å². The molecular formula is C20H24N2O2S. The highest BCUT2D eigenvalue weighted by atomic mass is 32.1. The molecule has 0 spiro atoms. The van der Waals surface area contributed by atoms with Crippen molar-refractivity contribution >= 4 is 32.7 Å². The van der Waals surface area contributed by atoms with Crippen LogP contribution in [0.25, 0.3) is 10.2 Å². The summed E-state index contributed by atoms with van der Waals surface area (Å²) < 4.78 is 7.24. The fraction of sp³-hybridized carbons (Fsp3) is 0.600. The van der Waals surface area contributed by atoms with Gasteiger partial charge in [0.15, 0.2) is 5.13 Å². The van der Waals surface area contributed by atoms with Crippen molar-refractivity contribution in [1.82, 2.24) is 4.98 Å². The Labute approximate surface area is 151 Å². The van der Waals surface area contributed by atoms with E-state index in [1.54, 1.807) is 0 Å². The molecule has 4 aliphatic carbocycles. The van der Waals surface area contributed by atoms with Crippen molar-refractivity contribution in [3.05, 3.63) is 23.8 Å². The third-order valence-electron chi connectivity index (χ3n) is 6.58. The third kappa shape index (κ3) is 2.64. The van der Waals surface area contributed by atoms with E-state index < -0.39 is 0 Å². The number of anilines is 1. The predicted molar refractivity (Wildman–Crippen MR) is 99.4 cm³/mol. The van der Waals surface area contributed by atoms with Crippen LogP contribution >= 0.6 is 11.3 Å². The van der Waals surface area contributed by atoms with Crippen molar-refractivity contribution in [1.29, 1.82) is 0 Å². The summed E-state index contributed by atoms with van der Waals surface area (Å²) in [5.41, 5.74) is 7.51. The van der Waals surface area contributed by atoms with Crippen molar-refractivity contribution in [3.63, 3.8) is 0 Å². The van der Waals surface area contributed by atoms with E-state index in [4.69, 9.17) is 10.5 Å². The molecule has 1 aromatic heterocycles. The lowest BCUT2D eigenvalue weighted by molar-refractivity contribution is -0.187. The predicted octanol–water partition coefficient (Wildman–Crippen LogP) is 4.49.